The Kier molecular flexibility index (Phi) is 4.62. The summed E-state index contributed by atoms with van der Waals surface area (Å²) in [6, 6.07) is 1.31. The molecule has 1 aliphatic carbocycles. The molecule has 0 spiro atoms. The van der Waals surface area contributed by atoms with E-state index in [1.807, 2.05) is 6.92 Å². The van der Waals surface area contributed by atoms with Crippen LogP contribution in [0.15, 0.2) is 12.1 Å². The van der Waals surface area contributed by atoms with Crippen LogP contribution < -0.4 is 0 Å². The number of benzene rings is 1. The second-order valence-corrected chi connectivity index (χ2v) is 6.97. The first-order chi connectivity index (χ1) is 11.4. The molecule has 7 heteroatoms. The van der Waals surface area contributed by atoms with E-state index in [4.69, 9.17) is 0 Å². The monoisotopic (exact) mass is 354 g/mol. The average molecular weight is 354 g/mol. The maximum Gasteiger partial charge on any atom is 0.254 e. The van der Waals surface area contributed by atoms with Gasteiger partial charge in [-0.3, -0.25) is 4.79 Å². The van der Waals surface area contributed by atoms with Gasteiger partial charge in [-0.1, -0.05) is 6.92 Å². The van der Waals surface area contributed by atoms with E-state index in [-0.39, 0.29) is 11.6 Å². The number of hydrogen-bond donors (Lipinski definition) is 0. The lowest BCUT2D eigenvalue weighted by Gasteiger charge is -2.30. The number of rotatable bonds is 3. The largest absolute Gasteiger partial charge is 0.334 e. The van der Waals surface area contributed by atoms with Gasteiger partial charge in [0.2, 0.25) is 0 Å². The normalized spacial score (nSPS) is 16.8. The van der Waals surface area contributed by atoms with E-state index in [0.29, 0.717) is 0 Å². The molecule has 0 bridgehead atoms. The molecule has 0 fully saturated rings. The van der Waals surface area contributed by atoms with Gasteiger partial charge in [-0.15, -0.1) is 11.3 Å². The third-order valence-corrected chi connectivity index (χ3v) is 5.63. The average Bonchev–Trinajstić information content (AvgIpc) is 3.01. The van der Waals surface area contributed by atoms with Crippen LogP contribution in [0.4, 0.5) is 13.2 Å². The zero-order valence-corrected chi connectivity index (χ0v) is 14.2. The molecule has 0 N–H and O–H groups in total. The van der Waals surface area contributed by atoms with Crippen LogP contribution in [0.3, 0.4) is 0 Å². The Morgan fingerprint density at radius 2 is 2.00 bits per heavy atom. The van der Waals surface area contributed by atoms with E-state index >= 15 is 0 Å². The number of halogens is 3. The molecule has 3 nitrogen and oxygen atoms in total. The van der Waals surface area contributed by atoms with Crippen LogP contribution in [0, 0.1) is 17.5 Å². The first-order valence-corrected chi connectivity index (χ1v) is 8.64. The fraction of sp³-hybridized carbons (Fsp3) is 0.412. The van der Waals surface area contributed by atoms with Gasteiger partial charge in [0.1, 0.15) is 0 Å². The smallest absolute Gasteiger partial charge is 0.254 e. The summed E-state index contributed by atoms with van der Waals surface area (Å²) < 4.78 is 39.9. The molecule has 24 heavy (non-hydrogen) atoms. The van der Waals surface area contributed by atoms with E-state index in [1.165, 1.54) is 4.90 Å². The topological polar surface area (TPSA) is 33.2 Å². The Morgan fingerprint density at radius 3 is 2.62 bits per heavy atom. The Labute approximate surface area is 142 Å². The van der Waals surface area contributed by atoms with Gasteiger partial charge < -0.3 is 4.90 Å². The van der Waals surface area contributed by atoms with E-state index < -0.39 is 23.4 Å². The highest BCUT2D eigenvalue weighted by Gasteiger charge is 2.31. The van der Waals surface area contributed by atoms with Gasteiger partial charge in [0, 0.05) is 12.6 Å². The van der Waals surface area contributed by atoms with Crippen LogP contribution in [-0.4, -0.2) is 22.8 Å². The molecular formula is C17H17F3N2OS. The van der Waals surface area contributed by atoms with Crippen LogP contribution in [-0.2, 0) is 12.8 Å². The zero-order valence-electron chi connectivity index (χ0n) is 13.4. The van der Waals surface area contributed by atoms with Crippen molar-refractivity contribution in [2.45, 2.75) is 38.6 Å². The molecule has 1 aromatic carbocycles. The minimum atomic E-state index is -1.57. The lowest BCUT2D eigenvalue weighted by Crippen LogP contribution is -2.33. The number of thiazole rings is 1. The lowest BCUT2D eigenvalue weighted by molar-refractivity contribution is 0.0716. The summed E-state index contributed by atoms with van der Waals surface area (Å²) in [6.45, 7) is 2.03. The summed E-state index contributed by atoms with van der Waals surface area (Å²) in [7, 11) is 1.60. The summed E-state index contributed by atoms with van der Waals surface area (Å²) in [6.07, 6.45) is 3.38. The Balaban J connectivity index is 1.91. The van der Waals surface area contributed by atoms with Gasteiger partial charge in [-0.25, -0.2) is 18.2 Å². The van der Waals surface area contributed by atoms with Crippen molar-refractivity contribution in [3.05, 3.63) is 50.7 Å². The highest BCUT2D eigenvalue weighted by atomic mass is 32.1. The maximum absolute atomic E-state index is 13.4. The van der Waals surface area contributed by atoms with Gasteiger partial charge >= 0.3 is 0 Å². The molecule has 128 valence electrons. The van der Waals surface area contributed by atoms with Crippen LogP contribution >= 0.6 is 11.3 Å². The third kappa shape index (κ3) is 2.92. The van der Waals surface area contributed by atoms with Crippen LogP contribution in [0.2, 0.25) is 0 Å². The third-order valence-electron chi connectivity index (χ3n) is 4.29. The summed E-state index contributed by atoms with van der Waals surface area (Å²) in [4.78, 5) is 19.7. The first kappa shape index (κ1) is 17.0. The number of aryl methyl sites for hydroxylation is 2. The first-order valence-electron chi connectivity index (χ1n) is 7.82. The summed E-state index contributed by atoms with van der Waals surface area (Å²) in [5.41, 5.74) is 0.811. The van der Waals surface area contributed by atoms with Crippen molar-refractivity contribution < 1.29 is 18.0 Å². The molecule has 1 aromatic heterocycles. The van der Waals surface area contributed by atoms with Crippen LogP contribution in [0.1, 0.15) is 51.7 Å². The van der Waals surface area contributed by atoms with Crippen LogP contribution in [0.5, 0.6) is 0 Å². The Bertz CT molecular complexity index is 767. The van der Waals surface area contributed by atoms with Crippen molar-refractivity contribution >= 4 is 17.2 Å². The maximum atomic E-state index is 13.4. The van der Waals surface area contributed by atoms with Crippen molar-refractivity contribution in [2.24, 2.45) is 0 Å². The standard InChI is InChI=1S/C17H17F3N2OS/c1-3-14-21-12-5-4-6-13(16(12)24-14)22(2)17(23)9-7-10(18)15(20)11(19)8-9/h7-8,13H,3-6H2,1-2H3/t13-/m0/s1. The number of nitrogens with zero attached hydrogens (tertiary/aromatic N) is 2. The SMILES string of the molecule is CCc1nc2c(s1)[C@@H](N(C)C(=O)c1cc(F)c(F)c(F)c1)CCC2. The molecule has 0 saturated heterocycles. The molecule has 1 heterocycles. The van der Waals surface area contributed by atoms with Crippen molar-refractivity contribution in [3.8, 4) is 0 Å². The number of carbonyl (C=O) groups is 1. The number of aromatic nitrogens is 1. The molecule has 3 rings (SSSR count). The summed E-state index contributed by atoms with van der Waals surface area (Å²) in [5.74, 6) is -4.81. The minimum Gasteiger partial charge on any atom is -0.334 e. The van der Waals surface area contributed by atoms with E-state index in [9.17, 15) is 18.0 Å². The summed E-state index contributed by atoms with van der Waals surface area (Å²) in [5, 5.41) is 1.02. The number of amides is 1. The van der Waals surface area contributed by atoms with Gasteiger partial charge in [-0.2, -0.15) is 0 Å². The van der Waals surface area contributed by atoms with E-state index in [0.717, 1.165) is 53.4 Å². The van der Waals surface area contributed by atoms with Crippen molar-refractivity contribution in [2.75, 3.05) is 7.05 Å². The predicted molar refractivity (Wildman–Crippen MR) is 85.6 cm³/mol. The molecule has 0 radical (unpaired) electrons. The molecule has 0 unspecified atom stereocenters. The fourth-order valence-electron chi connectivity index (χ4n) is 2.99. The van der Waals surface area contributed by atoms with Gasteiger partial charge in [0.15, 0.2) is 17.5 Å². The predicted octanol–water partition coefficient (Wildman–Crippen LogP) is 4.27. The minimum absolute atomic E-state index is 0.171. The summed E-state index contributed by atoms with van der Waals surface area (Å²) >= 11 is 1.58. The van der Waals surface area contributed by atoms with Gasteiger partial charge in [0.05, 0.1) is 21.6 Å². The Morgan fingerprint density at radius 1 is 1.33 bits per heavy atom. The van der Waals surface area contributed by atoms with Gasteiger partial charge in [-0.05, 0) is 37.8 Å². The van der Waals surface area contributed by atoms with Gasteiger partial charge in [0.25, 0.3) is 5.91 Å². The molecule has 2 aromatic rings. The Hall–Kier alpha value is -1.89. The number of carbonyl (C=O) groups excluding carboxylic acids is 1. The van der Waals surface area contributed by atoms with Crippen molar-refractivity contribution in [1.29, 1.82) is 0 Å². The van der Waals surface area contributed by atoms with Crippen molar-refractivity contribution in [1.82, 2.24) is 9.88 Å². The molecule has 0 saturated carbocycles. The quantitative estimate of drug-likeness (QED) is 0.771. The van der Waals surface area contributed by atoms with E-state index in [2.05, 4.69) is 4.98 Å². The van der Waals surface area contributed by atoms with Crippen molar-refractivity contribution in [3.63, 3.8) is 0 Å². The highest BCUT2D eigenvalue weighted by molar-refractivity contribution is 7.11. The molecule has 0 aliphatic heterocycles. The molecular weight excluding hydrogens is 337 g/mol. The van der Waals surface area contributed by atoms with Crippen LogP contribution in [0.25, 0.3) is 0 Å². The highest BCUT2D eigenvalue weighted by Crippen LogP contribution is 2.38. The molecule has 1 atom stereocenters. The second kappa shape index (κ2) is 6.55. The molecule has 1 aliphatic rings. The zero-order chi connectivity index (χ0) is 17.4. The second-order valence-electron chi connectivity index (χ2n) is 5.85. The number of fused-ring (bicyclic) bond motifs is 1. The molecule has 1 amide bonds. The van der Waals surface area contributed by atoms with E-state index in [1.54, 1.807) is 18.4 Å². The lowest BCUT2D eigenvalue weighted by atomic mass is 9.96. The fourth-order valence-corrected chi connectivity index (χ4v) is 4.22. The number of hydrogen-bond acceptors (Lipinski definition) is 3.